The lowest BCUT2D eigenvalue weighted by Crippen LogP contribution is -2.57. The number of carboxylic acid groups (broad SMARTS) is 1. The second-order valence-corrected chi connectivity index (χ2v) is 32.4. The Morgan fingerprint density at radius 3 is 0.985 bits per heavy atom. The number of aromatic carboxylic acids is 1. The topological polar surface area (TPSA) is 545 Å². The number of hydrogen-bond donors (Lipinski definition) is 12. The average Bonchev–Trinajstić information content (AvgIpc) is 1.72. The first-order valence-corrected chi connectivity index (χ1v) is 42.2. The number of para-hydroxylation sites is 4. The molecule has 11 heterocycles. The first-order valence-electron chi connectivity index (χ1n) is 41.4. The van der Waals surface area contributed by atoms with Crippen LogP contribution in [0.2, 0.25) is 30.7 Å². The lowest BCUT2D eigenvalue weighted by atomic mass is 9.85. The number of aryl methyl sites for hydroxylation is 4. The molecule has 0 atom stereocenters. The highest BCUT2D eigenvalue weighted by atomic mass is 35.5. The molecule has 2 fully saturated rings. The van der Waals surface area contributed by atoms with Gasteiger partial charge in [0, 0.05) is 135 Å². The highest BCUT2D eigenvalue weighted by molar-refractivity contribution is 6.37. The molecular weight excluding hydrogens is 1910 g/mol. The summed E-state index contributed by atoms with van der Waals surface area (Å²) >= 11 is 34.2. The number of primary amides is 1. The SMILES string of the molecule is CC1(C)CN(C(N)=O)C1.CNC(=O)c1cnc(Cl)cc1Cl.CNC(=O)c1cnc(Cl)cc1Nc1cccc(-c2ncn(C)n2)c1OC.CNC(=O)c1cnc(Cl)cc1Nc1cccc(-c2ncn(C)n2)c1OC.CNC(=O)c1cnc(NC(=O)N2CC(C)(C)C2)cc1Nc1cccc(-c2ncn(C)n2)c1OC.COc1c(N)cccc1-c1ncn(C)n1.Cl.O=C(O)c1cnc(Cl)cc1Cl.[2H]C([2H])([2H])N. The van der Waals surface area contributed by atoms with Crippen LogP contribution in [0.5, 0.6) is 23.0 Å². The number of nitrogens with one attached hydrogen (secondary N) is 8. The molecule has 42 nitrogen and oxygen atoms in total. The Kier molecular flexibility index (Phi) is 38.5. The molecule has 2 aliphatic rings. The molecular formula is C87H101Cl7N30O12. The van der Waals surface area contributed by atoms with E-state index in [1.54, 1.807) is 149 Å². The number of aromatic nitrogens is 17. The molecule has 136 heavy (non-hydrogen) atoms. The minimum Gasteiger partial charge on any atom is -0.494 e. The summed E-state index contributed by atoms with van der Waals surface area (Å²) in [5, 5.41) is 49.7. The van der Waals surface area contributed by atoms with Crippen molar-refractivity contribution >= 4 is 169 Å². The first-order chi connectivity index (χ1) is 65.2. The van der Waals surface area contributed by atoms with Gasteiger partial charge in [0.25, 0.3) is 23.6 Å². The number of likely N-dealkylation sites (tertiary alicyclic amines) is 2. The molecule has 0 bridgehead atoms. The molecule has 15 rings (SSSR count). The molecule has 13 aromatic rings. The largest absolute Gasteiger partial charge is 0.494 e. The van der Waals surface area contributed by atoms with Gasteiger partial charge in [-0.2, -0.15) is 20.4 Å². The van der Waals surface area contributed by atoms with E-state index in [9.17, 15) is 33.6 Å². The molecule has 0 spiro atoms. The van der Waals surface area contributed by atoms with Gasteiger partial charge >= 0.3 is 18.0 Å². The number of anilines is 8. The molecule has 15 N–H and O–H groups in total. The van der Waals surface area contributed by atoms with Gasteiger partial charge in [0.1, 0.15) is 51.7 Å². The molecule has 4 aromatic carbocycles. The summed E-state index contributed by atoms with van der Waals surface area (Å²) in [5.74, 6) is 2.48. The number of nitrogens with zero attached hydrogens (tertiary/aromatic N) is 19. The van der Waals surface area contributed by atoms with Gasteiger partial charge < -0.3 is 88.3 Å². The number of benzene rings is 4. The van der Waals surface area contributed by atoms with Crippen LogP contribution in [0.15, 0.2) is 159 Å². The van der Waals surface area contributed by atoms with E-state index in [0.717, 1.165) is 36.0 Å². The van der Waals surface area contributed by atoms with Crippen molar-refractivity contribution < 1.29 is 61.7 Å². The van der Waals surface area contributed by atoms with Crippen LogP contribution in [-0.2, 0) is 28.2 Å². The van der Waals surface area contributed by atoms with Gasteiger partial charge in [0.2, 0.25) is 0 Å². The number of carbonyl (C=O) groups excluding carboxylic acids is 6. The van der Waals surface area contributed by atoms with Crippen LogP contribution in [0, 0.1) is 10.8 Å². The molecule has 0 unspecified atom stereocenters. The van der Waals surface area contributed by atoms with Gasteiger partial charge in [0.05, 0.1) is 128 Å². The maximum Gasteiger partial charge on any atom is 0.338 e. The monoisotopic (exact) mass is 2010 g/mol. The summed E-state index contributed by atoms with van der Waals surface area (Å²) in [7, 11) is 19.6. The predicted molar refractivity (Wildman–Crippen MR) is 525 cm³/mol. The number of carbonyl (C=O) groups is 7. The van der Waals surface area contributed by atoms with Crippen molar-refractivity contribution in [1.82, 2.24) is 115 Å². The maximum atomic E-state index is 12.6. The Morgan fingerprint density at radius 2 is 0.699 bits per heavy atom. The lowest BCUT2D eigenvalue weighted by molar-refractivity contribution is 0.0665. The van der Waals surface area contributed by atoms with Crippen molar-refractivity contribution in [1.29, 1.82) is 0 Å². The molecule has 9 aromatic heterocycles. The van der Waals surface area contributed by atoms with E-state index in [4.69, 9.17) is 109 Å². The quantitative estimate of drug-likeness (QED) is 0.0249. The van der Waals surface area contributed by atoms with Crippen molar-refractivity contribution in [3.63, 3.8) is 0 Å². The third kappa shape index (κ3) is 29.5. The van der Waals surface area contributed by atoms with Crippen LogP contribution in [0.25, 0.3) is 45.6 Å². The summed E-state index contributed by atoms with van der Waals surface area (Å²) in [6, 6.07) is 29.1. The van der Waals surface area contributed by atoms with Crippen molar-refractivity contribution in [3.05, 3.63) is 218 Å². The van der Waals surface area contributed by atoms with Crippen LogP contribution in [0.4, 0.5) is 55.2 Å². The number of pyridine rings is 5. The summed E-state index contributed by atoms with van der Waals surface area (Å²) in [6.07, 6.45) is 13.2. The number of methoxy groups -OCH3 is 4. The molecule has 0 saturated carbocycles. The van der Waals surface area contributed by atoms with Crippen LogP contribution in [0.1, 0.15) is 83.6 Å². The number of hydrogen-bond acceptors (Lipinski definition) is 29. The number of urea groups is 2. The van der Waals surface area contributed by atoms with E-state index in [2.05, 4.69) is 141 Å². The van der Waals surface area contributed by atoms with Crippen molar-refractivity contribution in [2.24, 2.45) is 50.5 Å². The molecule has 2 saturated heterocycles. The Labute approximate surface area is 822 Å². The zero-order chi connectivity index (χ0) is 102. The second kappa shape index (κ2) is 50.5. The second-order valence-electron chi connectivity index (χ2n) is 30.1. The van der Waals surface area contributed by atoms with E-state index in [0.29, 0.717) is 143 Å². The first kappa shape index (κ1) is 104. The Balaban J connectivity index is 0.000000228. The zero-order valence-electron chi connectivity index (χ0n) is 79.2. The molecule has 2 aliphatic heterocycles. The van der Waals surface area contributed by atoms with Gasteiger partial charge in [0.15, 0.2) is 46.3 Å². The van der Waals surface area contributed by atoms with Crippen LogP contribution in [0.3, 0.4) is 0 Å². The Hall–Kier alpha value is -14.5. The molecule has 0 radical (unpaired) electrons. The number of nitrogen functional groups attached to an aromatic ring is 1. The van der Waals surface area contributed by atoms with E-state index < -0.39 is 12.9 Å². The fourth-order valence-electron chi connectivity index (χ4n) is 12.7. The Bertz CT molecular complexity index is 6310. The van der Waals surface area contributed by atoms with Crippen molar-refractivity contribution in [2.75, 3.05) is 117 Å². The minimum absolute atomic E-state index is 0. The molecule has 720 valence electrons. The smallest absolute Gasteiger partial charge is 0.338 e. The summed E-state index contributed by atoms with van der Waals surface area (Å²) < 4.78 is 46.6. The van der Waals surface area contributed by atoms with E-state index in [-0.39, 0.29) is 84.7 Å². The number of rotatable bonds is 20. The third-order valence-electron chi connectivity index (χ3n) is 18.8. The lowest BCUT2D eigenvalue weighted by Gasteiger charge is -2.45. The van der Waals surface area contributed by atoms with Gasteiger partial charge in [-0.25, -0.2) is 59.2 Å². The fraction of sp³-hybridized carbons (Fsp3) is 0.264. The average molecular weight is 2010 g/mol. The molecule has 0 aliphatic carbocycles. The number of carboxylic acids is 1. The normalized spacial score (nSPS) is 12.3. The molecule has 49 heteroatoms. The summed E-state index contributed by atoms with van der Waals surface area (Å²) in [6.45, 7) is 9.16. The van der Waals surface area contributed by atoms with Gasteiger partial charge in [-0.1, -0.05) is 122 Å². The zero-order valence-corrected chi connectivity index (χ0v) is 81.5. The van der Waals surface area contributed by atoms with E-state index >= 15 is 0 Å². The standard InChI is InChI=1S/C23H28N8O3.2C17H17ClN6O2.C10H12N4O.C7H6Cl2N2O.C6H3Cl2NO2.C6H12N2O.CH5N.ClH/c1-23(2)11-31(12-23)22(33)28-18-9-17(15(10-25-18)21(32)24-3)27-16-8-6-7-14(19(16)34-5)20-26-13-30(4)29-20;2*1-19-17(25)11-8-20-14(18)7-13(11)22-12-6-4-5-10(15(12)26-3)16-21-9-24(2)23-16;1-14-6-12-10(13-14)7-4-3-5-8(11)9(7)15-2;1-10-7(12)4-3-11-6(9)2-5(4)8;7-4-1-5(8)9-2-3(4)6(10)11;1-6(2)3-8(4-6)5(7)9;1-2;/h6-10,13H,11-12H2,1-5H3,(H,24,32)(H2,25,27,28,33);2*4-9H,1-3H3,(H,19,25)(H,20,22);3-6H,11H2,1-2H3;2-3H,1H3,(H,10,12);1-2H,(H,10,11);3-4H2,1-2H3,(H2,7,9);2H2,1H3;1H/i;;;;;;;1D3;. The van der Waals surface area contributed by atoms with Crippen molar-refractivity contribution in [2.45, 2.75) is 27.7 Å². The van der Waals surface area contributed by atoms with Crippen LogP contribution >= 0.6 is 82.0 Å². The number of halogens is 7. The number of nitrogens with two attached hydrogens (primary N) is 3. The number of amides is 8. The maximum absolute atomic E-state index is 12.6. The van der Waals surface area contributed by atoms with Crippen LogP contribution < -0.4 is 78.7 Å². The minimum atomic E-state index is -2.25. The van der Waals surface area contributed by atoms with Gasteiger partial charge in [-0.05, 0) is 79.8 Å². The predicted octanol–water partition coefficient (Wildman–Crippen LogP) is 13.5. The summed E-state index contributed by atoms with van der Waals surface area (Å²) in [4.78, 5) is 121. The number of ether oxygens (including phenoxy) is 4. The highest BCUT2D eigenvalue weighted by Crippen LogP contribution is 2.42. The van der Waals surface area contributed by atoms with Gasteiger partial charge in [-0.15, -0.1) is 12.4 Å². The van der Waals surface area contributed by atoms with Crippen LogP contribution in [-0.4, -0.2) is 230 Å². The highest BCUT2D eigenvalue weighted by Gasteiger charge is 2.38. The third-order valence-corrected chi connectivity index (χ3v) is 20.2. The fourth-order valence-corrected chi connectivity index (χ4v) is 13.9. The summed E-state index contributed by atoms with van der Waals surface area (Å²) in [5.41, 5.74) is 23.8. The van der Waals surface area contributed by atoms with Gasteiger partial charge in [-0.3, -0.25) is 43.2 Å². The van der Waals surface area contributed by atoms with E-state index in [1.807, 2.05) is 73.8 Å². The van der Waals surface area contributed by atoms with Crippen molar-refractivity contribution in [3.8, 4) is 68.5 Å². The molecule has 8 amide bonds. The Morgan fingerprint density at radius 1 is 0.412 bits per heavy atom. The van der Waals surface area contributed by atoms with E-state index in [1.165, 1.54) is 44.0 Å².